The number of hydrogen-bond acceptors (Lipinski definition) is 5. The molecule has 0 unspecified atom stereocenters. The second-order valence-electron chi connectivity index (χ2n) is 9.99. The summed E-state index contributed by atoms with van der Waals surface area (Å²) < 4.78 is 31.3. The fourth-order valence-corrected chi connectivity index (χ4v) is 6.62. The Bertz CT molecular complexity index is 1510. The summed E-state index contributed by atoms with van der Waals surface area (Å²) >= 11 is 6.71. The van der Waals surface area contributed by atoms with Crippen LogP contribution in [0.4, 0.5) is 0 Å². The Morgan fingerprint density at radius 1 is 1.08 bits per heavy atom. The zero-order chi connectivity index (χ0) is 26.2. The standard InChI is InChI=1S/C29H31ClN2O4S/c1-18(2)36-28-6-4-3-5-23(28)24-15-26-27(16-25(24)30)32-29(31-26)22(13-14-33)20-9-11-21(12-10-20)37(34,35)17-19-7-8-19/h3-6,9-12,15-16,18-19,22,33H,7-8,13-14,17H2,1-2H3,(H,31,32)/t22-/m0/s1. The third-order valence-corrected chi connectivity index (χ3v) is 8.88. The molecule has 0 spiro atoms. The van der Waals surface area contributed by atoms with Crippen LogP contribution in [0.2, 0.25) is 5.02 Å². The second kappa shape index (κ2) is 10.5. The van der Waals surface area contributed by atoms with E-state index in [-0.39, 0.29) is 24.4 Å². The molecule has 1 aromatic heterocycles. The van der Waals surface area contributed by atoms with Crippen molar-refractivity contribution in [2.45, 2.75) is 50.0 Å². The number of aromatic amines is 1. The fourth-order valence-electron chi connectivity index (χ4n) is 4.66. The summed E-state index contributed by atoms with van der Waals surface area (Å²) in [6.07, 6.45) is 2.45. The van der Waals surface area contributed by atoms with Crippen molar-refractivity contribution in [3.63, 3.8) is 0 Å². The second-order valence-corrected chi connectivity index (χ2v) is 12.4. The van der Waals surface area contributed by atoms with Crippen molar-refractivity contribution in [2.75, 3.05) is 12.4 Å². The molecule has 1 saturated carbocycles. The highest BCUT2D eigenvalue weighted by Crippen LogP contribution is 2.38. The molecule has 1 heterocycles. The molecule has 37 heavy (non-hydrogen) atoms. The number of hydrogen-bond donors (Lipinski definition) is 2. The number of aliphatic hydroxyl groups is 1. The number of para-hydroxylation sites is 1. The van der Waals surface area contributed by atoms with Crippen molar-refractivity contribution in [1.82, 2.24) is 9.97 Å². The molecule has 1 fully saturated rings. The monoisotopic (exact) mass is 538 g/mol. The lowest BCUT2D eigenvalue weighted by Gasteiger charge is -2.15. The molecule has 0 saturated heterocycles. The molecule has 5 rings (SSSR count). The number of rotatable bonds is 10. The van der Waals surface area contributed by atoms with Gasteiger partial charge in [0.1, 0.15) is 11.6 Å². The van der Waals surface area contributed by atoms with Crippen LogP contribution in [0.1, 0.15) is 50.4 Å². The molecule has 0 bridgehead atoms. The zero-order valence-electron chi connectivity index (χ0n) is 20.9. The van der Waals surface area contributed by atoms with E-state index >= 15 is 0 Å². The van der Waals surface area contributed by atoms with Gasteiger partial charge in [-0.2, -0.15) is 0 Å². The van der Waals surface area contributed by atoms with Gasteiger partial charge in [-0.15, -0.1) is 0 Å². The van der Waals surface area contributed by atoms with Crippen molar-refractivity contribution in [1.29, 1.82) is 0 Å². The van der Waals surface area contributed by atoms with Crippen LogP contribution in [0.3, 0.4) is 0 Å². The minimum Gasteiger partial charge on any atom is -0.490 e. The van der Waals surface area contributed by atoms with E-state index in [9.17, 15) is 13.5 Å². The number of sulfone groups is 1. The maximum atomic E-state index is 12.7. The molecule has 2 N–H and O–H groups in total. The third-order valence-electron chi connectivity index (χ3n) is 6.67. The summed E-state index contributed by atoms with van der Waals surface area (Å²) in [7, 11) is -3.28. The minimum absolute atomic E-state index is 0.0231. The van der Waals surface area contributed by atoms with Gasteiger partial charge in [0.05, 0.1) is 32.8 Å². The molecule has 1 aliphatic carbocycles. The van der Waals surface area contributed by atoms with Crippen LogP contribution >= 0.6 is 11.6 Å². The van der Waals surface area contributed by atoms with E-state index in [1.165, 1.54) is 0 Å². The van der Waals surface area contributed by atoms with Crippen molar-refractivity contribution >= 4 is 32.5 Å². The molecule has 3 aromatic carbocycles. The first-order valence-corrected chi connectivity index (χ1v) is 14.7. The lowest BCUT2D eigenvalue weighted by Crippen LogP contribution is -2.10. The summed E-state index contributed by atoms with van der Waals surface area (Å²) in [5.41, 5.74) is 4.15. The Kier molecular flexibility index (Phi) is 7.30. The number of nitrogens with zero attached hydrogens (tertiary/aromatic N) is 1. The molecular weight excluding hydrogens is 508 g/mol. The van der Waals surface area contributed by atoms with Crippen molar-refractivity contribution < 1.29 is 18.3 Å². The summed E-state index contributed by atoms with van der Waals surface area (Å²) in [5, 5.41) is 10.4. The molecule has 1 atom stereocenters. The Balaban J connectivity index is 1.49. The van der Waals surface area contributed by atoms with Crippen LogP contribution in [0.25, 0.3) is 22.2 Å². The van der Waals surface area contributed by atoms with Gasteiger partial charge in [-0.3, -0.25) is 0 Å². The Morgan fingerprint density at radius 3 is 2.49 bits per heavy atom. The van der Waals surface area contributed by atoms with E-state index in [1.807, 2.05) is 62.4 Å². The van der Waals surface area contributed by atoms with E-state index in [1.54, 1.807) is 12.1 Å². The Hall–Kier alpha value is -2.87. The molecular formula is C29H31ClN2O4S. The van der Waals surface area contributed by atoms with E-state index in [0.717, 1.165) is 46.3 Å². The van der Waals surface area contributed by atoms with Gasteiger partial charge >= 0.3 is 0 Å². The molecule has 0 amide bonds. The summed E-state index contributed by atoms with van der Waals surface area (Å²) in [6.45, 7) is 3.94. The minimum atomic E-state index is -3.28. The first kappa shape index (κ1) is 25.8. The number of aromatic nitrogens is 2. The predicted molar refractivity (Wildman–Crippen MR) is 147 cm³/mol. The molecule has 194 valence electrons. The summed E-state index contributed by atoms with van der Waals surface area (Å²) in [5.74, 6) is 1.73. The van der Waals surface area contributed by atoms with Crippen molar-refractivity contribution in [2.24, 2.45) is 5.92 Å². The van der Waals surface area contributed by atoms with Crippen LogP contribution in [0, 0.1) is 5.92 Å². The first-order valence-electron chi connectivity index (χ1n) is 12.6. The highest BCUT2D eigenvalue weighted by Gasteiger charge is 2.29. The van der Waals surface area contributed by atoms with E-state index in [0.29, 0.717) is 28.1 Å². The molecule has 0 radical (unpaired) electrons. The van der Waals surface area contributed by atoms with Crippen molar-refractivity contribution in [3.8, 4) is 16.9 Å². The van der Waals surface area contributed by atoms with Gasteiger partial charge in [-0.25, -0.2) is 13.4 Å². The van der Waals surface area contributed by atoms with Gasteiger partial charge in [0.2, 0.25) is 0 Å². The fraction of sp³-hybridized carbons (Fsp3) is 0.345. The molecule has 4 aromatic rings. The molecule has 8 heteroatoms. The zero-order valence-corrected chi connectivity index (χ0v) is 22.5. The van der Waals surface area contributed by atoms with Gasteiger partial charge in [0, 0.05) is 23.7 Å². The topological polar surface area (TPSA) is 92.3 Å². The van der Waals surface area contributed by atoms with Crippen LogP contribution in [-0.2, 0) is 9.84 Å². The number of aliphatic hydroxyl groups excluding tert-OH is 1. The maximum absolute atomic E-state index is 12.7. The Morgan fingerprint density at radius 2 is 1.81 bits per heavy atom. The quantitative estimate of drug-likeness (QED) is 0.245. The normalized spacial score (nSPS) is 14.8. The lowest BCUT2D eigenvalue weighted by molar-refractivity contribution is 0.243. The highest BCUT2D eigenvalue weighted by molar-refractivity contribution is 7.91. The van der Waals surface area contributed by atoms with Crippen molar-refractivity contribution in [3.05, 3.63) is 77.1 Å². The van der Waals surface area contributed by atoms with E-state index in [4.69, 9.17) is 21.3 Å². The van der Waals surface area contributed by atoms with Gasteiger partial charge in [0.15, 0.2) is 9.84 Å². The lowest BCUT2D eigenvalue weighted by atomic mass is 9.95. The smallest absolute Gasteiger partial charge is 0.178 e. The summed E-state index contributed by atoms with van der Waals surface area (Å²) in [4.78, 5) is 8.57. The maximum Gasteiger partial charge on any atom is 0.178 e. The van der Waals surface area contributed by atoms with Gasteiger partial charge < -0.3 is 14.8 Å². The van der Waals surface area contributed by atoms with Crippen LogP contribution in [0.15, 0.2) is 65.6 Å². The van der Waals surface area contributed by atoms with Gasteiger partial charge in [-0.05, 0) is 74.9 Å². The van der Waals surface area contributed by atoms with E-state index < -0.39 is 9.84 Å². The average molecular weight is 539 g/mol. The molecule has 0 aliphatic heterocycles. The largest absolute Gasteiger partial charge is 0.490 e. The number of ether oxygens (including phenoxy) is 1. The Labute approximate surface area is 222 Å². The highest BCUT2D eigenvalue weighted by atomic mass is 35.5. The number of benzene rings is 3. The van der Waals surface area contributed by atoms with Crippen LogP contribution in [-0.4, -0.2) is 42.0 Å². The SMILES string of the molecule is CC(C)Oc1ccccc1-c1cc2nc([C@@H](CCO)c3ccc(S(=O)(=O)CC4CC4)cc3)[nH]c2cc1Cl. The van der Waals surface area contributed by atoms with Gasteiger partial charge in [-0.1, -0.05) is 41.9 Å². The third kappa shape index (κ3) is 5.69. The number of halogens is 1. The number of nitrogens with one attached hydrogen (secondary N) is 1. The molecule has 6 nitrogen and oxygen atoms in total. The number of fused-ring (bicyclic) bond motifs is 1. The number of H-pyrrole nitrogens is 1. The van der Waals surface area contributed by atoms with E-state index in [2.05, 4.69) is 4.98 Å². The van der Waals surface area contributed by atoms with Gasteiger partial charge in [0.25, 0.3) is 0 Å². The number of imidazole rings is 1. The summed E-state index contributed by atoms with van der Waals surface area (Å²) in [6, 6.07) is 18.6. The first-order chi connectivity index (χ1) is 17.7. The predicted octanol–water partition coefficient (Wildman–Crippen LogP) is 6.37. The molecule has 1 aliphatic rings. The van der Waals surface area contributed by atoms with Crippen LogP contribution in [0.5, 0.6) is 5.75 Å². The van der Waals surface area contributed by atoms with Crippen LogP contribution < -0.4 is 4.74 Å². The average Bonchev–Trinajstić information content (AvgIpc) is 3.57.